The number of nitrogens with two attached hydrogens (primary N) is 1. The highest BCUT2D eigenvalue weighted by Gasteiger charge is 2.10. The van der Waals surface area contributed by atoms with Gasteiger partial charge in [-0.3, -0.25) is 5.32 Å². The van der Waals surface area contributed by atoms with Crippen LogP contribution in [0.5, 0.6) is 0 Å². The van der Waals surface area contributed by atoms with Gasteiger partial charge in [0.05, 0.1) is 6.54 Å². The highest BCUT2D eigenvalue weighted by molar-refractivity contribution is 5.30. The Bertz CT molecular complexity index is 339. The maximum Gasteiger partial charge on any atom is 0.0578 e. The van der Waals surface area contributed by atoms with Gasteiger partial charge in [-0.25, -0.2) is 0 Å². The quantitative estimate of drug-likeness (QED) is 0.710. The summed E-state index contributed by atoms with van der Waals surface area (Å²) < 4.78 is 0. The number of benzene rings is 1. The lowest BCUT2D eigenvalue weighted by Gasteiger charge is -2.18. The van der Waals surface area contributed by atoms with Gasteiger partial charge >= 0.3 is 0 Å². The van der Waals surface area contributed by atoms with Gasteiger partial charge in [-0.15, -0.1) is 6.42 Å². The maximum atomic E-state index is 5.74. The van der Waals surface area contributed by atoms with E-state index in [4.69, 9.17) is 12.2 Å². The van der Waals surface area contributed by atoms with Crippen LogP contribution in [0.25, 0.3) is 0 Å². The Kier molecular flexibility index (Phi) is 4.89. The standard InChI is InChI=1S/C13H18N2/c1-3-9-15-13(10-14)12-8-6-5-7-11(12)4-2/h1,5-8,13,15H,4,9-10,14H2,2H3. The summed E-state index contributed by atoms with van der Waals surface area (Å²) in [6.07, 6.45) is 6.25. The van der Waals surface area contributed by atoms with Gasteiger partial charge in [-0.2, -0.15) is 0 Å². The van der Waals surface area contributed by atoms with Crippen LogP contribution in [0, 0.1) is 12.3 Å². The van der Waals surface area contributed by atoms with Gasteiger partial charge in [0.2, 0.25) is 0 Å². The summed E-state index contributed by atoms with van der Waals surface area (Å²) in [5.41, 5.74) is 8.33. The zero-order chi connectivity index (χ0) is 11.1. The van der Waals surface area contributed by atoms with Crippen LogP contribution in [0.3, 0.4) is 0 Å². The Morgan fingerprint density at radius 1 is 1.47 bits per heavy atom. The molecule has 1 rings (SSSR count). The Balaban J connectivity index is 2.86. The molecule has 0 spiro atoms. The van der Waals surface area contributed by atoms with E-state index in [2.05, 4.69) is 36.4 Å². The van der Waals surface area contributed by atoms with Crippen LogP contribution < -0.4 is 11.1 Å². The van der Waals surface area contributed by atoms with Gasteiger partial charge in [0.25, 0.3) is 0 Å². The van der Waals surface area contributed by atoms with Gasteiger partial charge in [-0.05, 0) is 17.5 Å². The summed E-state index contributed by atoms with van der Waals surface area (Å²) in [7, 11) is 0. The second kappa shape index (κ2) is 6.23. The molecule has 0 fully saturated rings. The largest absolute Gasteiger partial charge is 0.329 e. The van der Waals surface area contributed by atoms with E-state index < -0.39 is 0 Å². The molecule has 0 aliphatic rings. The van der Waals surface area contributed by atoms with Crippen molar-refractivity contribution in [3.63, 3.8) is 0 Å². The van der Waals surface area contributed by atoms with Crippen LogP contribution in [0.2, 0.25) is 0 Å². The highest BCUT2D eigenvalue weighted by Crippen LogP contribution is 2.17. The molecule has 3 N–H and O–H groups in total. The van der Waals surface area contributed by atoms with Crippen LogP contribution in [0.15, 0.2) is 24.3 Å². The van der Waals surface area contributed by atoms with Gasteiger partial charge < -0.3 is 5.73 Å². The molecule has 1 aromatic carbocycles. The second-order valence-corrected chi connectivity index (χ2v) is 3.43. The summed E-state index contributed by atoms with van der Waals surface area (Å²) in [5.74, 6) is 2.57. The average molecular weight is 202 g/mol. The fourth-order valence-corrected chi connectivity index (χ4v) is 1.70. The molecule has 1 aromatic rings. The van der Waals surface area contributed by atoms with Crippen LogP contribution in [-0.4, -0.2) is 13.1 Å². The topological polar surface area (TPSA) is 38.0 Å². The maximum absolute atomic E-state index is 5.74. The molecule has 0 aliphatic carbocycles. The van der Waals surface area contributed by atoms with Crippen molar-refractivity contribution in [3.05, 3.63) is 35.4 Å². The molecule has 0 heterocycles. The number of rotatable bonds is 5. The molecule has 0 amide bonds. The molecular weight excluding hydrogens is 184 g/mol. The van der Waals surface area contributed by atoms with Crippen molar-refractivity contribution in [2.24, 2.45) is 5.73 Å². The van der Waals surface area contributed by atoms with E-state index in [0.29, 0.717) is 13.1 Å². The summed E-state index contributed by atoms with van der Waals surface area (Å²) in [6.45, 7) is 3.27. The third-order valence-electron chi connectivity index (χ3n) is 2.50. The predicted molar refractivity (Wildman–Crippen MR) is 64.5 cm³/mol. The molecule has 1 unspecified atom stereocenters. The molecule has 0 radical (unpaired) electrons. The number of terminal acetylenes is 1. The molecule has 15 heavy (non-hydrogen) atoms. The normalized spacial score (nSPS) is 12.1. The molecule has 0 aliphatic heterocycles. The van der Waals surface area contributed by atoms with E-state index in [1.54, 1.807) is 0 Å². The van der Waals surface area contributed by atoms with Crippen molar-refractivity contribution in [1.82, 2.24) is 5.32 Å². The predicted octanol–water partition coefficient (Wildman–Crippen LogP) is 1.47. The smallest absolute Gasteiger partial charge is 0.0578 e. The first-order valence-electron chi connectivity index (χ1n) is 5.28. The summed E-state index contributed by atoms with van der Waals surface area (Å²) in [6, 6.07) is 8.50. The minimum atomic E-state index is 0.164. The summed E-state index contributed by atoms with van der Waals surface area (Å²) in [5, 5.41) is 3.25. The van der Waals surface area contributed by atoms with Gasteiger partial charge in [0.1, 0.15) is 0 Å². The molecule has 1 atom stereocenters. The summed E-state index contributed by atoms with van der Waals surface area (Å²) in [4.78, 5) is 0. The number of hydrogen-bond acceptors (Lipinski definition) is 2. The van der Waals surface area contributed by atoms with Crippen molar-refractivity contribution < 1.29 is 0 Å². The first-order chi connectivity index (χ1) is 7.33. The lowest BCUT2D eigenvalue weighted by molar-refractivity contribution is 0.577. The van der Waals surface area contributed by atoms with E-state index in [9.17, 15) is 0 Å². The fraction of sp³-hybridized carbons (Fsp3) is 0.385. The van der Waals surface area contributed by atoms with Crippen molar-refractivity contribution in [2.75, 3.05) is 13.1 Å². The molecular formula is C13H18N2. The van der Waals surface area contributed by atoms with Crippen molar-refractivity contribution in [3.8, 4) is 12.3 Å². The van der Waals surface area contributed by atoms with Crippen molar-refractivity contribution >= 4 is 0 Å². The van der Waals surface area contributed by atoms with Crippen LogP contribution in [-0.2, 0) is 6.42 Å². The minimum Gasteiger partial charge on any atom is -0.329 e. The first kappa shape index (κ1) is 11.8. The molecule has 2 heteroatoms. The molecule has 80 valence electrons. The second-order valence-electron chi connectivity index (χ2n) is 3.43. The van der Waals surface area contributed by atoms with E-state index in [1.165, 1.54) is 11.1 Å². The van der Waals surface area contributed by atoms with Crippen molar-refractivity contribution in [2.45, 2.75) is 19.4 Å². The Hall–Kier alpha value is -1.30. The SMILES string of the molecule is C#CCNC(CN)c1ccccc1CC. The monoisotopic (exact) mass is 202 g/mol. The van der Waals surface area contributed by atoms with E-state index in [0.717, 1.165) is 6.42 Å². The summed E-state index contributed by atoms with van der Waals surface area (Å²) >= 11 is 0. The highest BCUT2D eigenvalue weighted by atomic mass is 14.9. The Morgan fingerprint density at radius 2 is 2.20 bits per heavy atom. The molecule has 0 saturated heterocycles. The van der Waals surface area contributed by atoms with Gasteiger partial charge in [-0.1, -0.05) is 37.1 Å². The third kappa shape index (κ3) is 3.09. The molecule has 0 aromatic heterocycles. The number of nitrogens with one attached hydrogen (secondary N) is 1. The van der Waals surface area contributed by atoms with Crippen LogP contribution >= 0.6 is 0 Å². The molecule has 0 bridgehead atoms. The Labute approximate surface area is 91.9 Å². The average Bonchev–Trinajstić information content (AvgIpc) is 2.30. The fourth-order valence-electron chi connectivity index (χ4n) is 1.70. The molecule has 2 nitrogen and oxygen atoms in total. The van der Waals surface area contributed by atoms with E-state index in [-0.39, 0.29) is 6.04 Å². The van der Waals surface area contributed by atoms with Crippen molar-refractivity contribution in [1.29, 1.82) is 0 Å². The number of hydrogen-bond donors (Lipinski definition) is 2. The number of aryl methyl sites for hydroxylation is 1. The molecule has 0 saturated carbocycles. The van der Waals surface area contributed by atoms with E-state index in [1.807, 2.05) is 6.07 Å². The van der Waals surface area contributed by atoms with Gasteiger partial charge in [0.15, 0.2) is 0 Å². The van der Waals surface area contributed by atoms with Gasteiger partial charge in [0, 0.05) is 12.6 Å². The minimum absolute atomic E-state index is 0.164. The lowest BCUT2D eigenvalue weighted by Crippen LogP contribution is -2.29. The lowest BCUT2D eigenvalue weighted by atomic mass is 9.98. The third-order valence-corrected chi connectivity index (χ3v) is 2.50. The Morgan fingerprint density at radius 3 is 2.80 bits per heavy atom. The van der Waals surface area contributed by atoms with E-state index >= 15 is 0 Å². The zero-order valence-electron chi connectivity index (χ0n) is 9.16. The zero-order valence-corrected chi connectivity index (χ0v) is 9.16. The van der Waals surface area contributed by atoms with Crippen LogP contribution in [0.1, 0.15) is 24.1 Å². The first-order valence-corrected chi connectivity index (χ1v) is 5.28. The van der Waals surface area contributed by atoms with Crippen LogP contribution in [0.4, 0.5) is 0 Å².